The number of aromatic carboxylic acids is 1. The van der Waals surface area contributed by atoms with Gasteiger partial charge >= 0.3 is 5.97 Å². The van der Waals surface area contributed by atoms with Crippen molar-refractivity contribution in [2.24, 2.45) is 5.92 Å². The van der Waals surface area contributed by atoms with Crippen molar-refractivity contribution in [3.63, 3.8) is 0 Å². The summed E-state index contributed by atoms with van der Waals surface area (Å²) < 4.78 is 30.8. The van der Waals surface area contributed by atoms with Crippen molar-refractivity contribution < 1.29 is 18.7 Å². The van der Waals surface area contributed by atoms with Crippen LogP contribution in [-0.2, 0) is 0 Å². The van der Waals surface area contributed by atoms with Crippen LogP contribution in [0.2, 0.25) is 0 Å². The Labute approximate surface area is 160 Å². The second-order valence-electron chi connectivity index (χ2n) is 7.47. The summed E-state index contributed by atoms with van der Waals surface area (Å²) in [5.74, 6) is -2.36. The van der Waals surface area contributed by atoms with Gasteiger partial charge in [0.2, 0.25) is 5.43 Å². The highest BCUT2D eigenvalue weighted by Gasteiger charge is 2.35. The normalized spacial score (nSPS) is 22.2. The SMILES string of the molecule is CCNC[C@@H]1CN(c2nc3c(cc2F)c(=O)c(C(=O)O)cn3C2CC2)C[C@@H]1F. The lowest BCUT2D eigenvalue weighted by Gasteiger charge is -2.20. The maximum absolute atomic E-state index is 14.8. The highest BCUT2D eigenvalue weighted by molar-refractivity contribution is 5.92. The molecule has 3 heterocycles. The number of alkyl halides is 1. The highest BCUT2D eigenvalue weighted by atomic mass is 19.1. The molecular formula is C19H22F2N4O3. The fourth-order valence-corrected chi connectivity index (χ4v) is 3.77. The van der Waals surface area contributed by atoms with Crippen molar-refractivity contribution in [1.29, 1.82) is 0 Å². The number of carbonyl (C=O) groups is 1. The molecule has 1 saturated carbocycles. The quantitative estimate of drug-likeness (QED) is 0.782. The number of nitrogens with zero attached hydrogens (tertiary/aromatic N) is 3. The number of hydrogen-bond acceptors (Lipinski definition) is 5. The first kappa shape index (κ1) is 18.8. The van der Waals surface area contributed by atoms with Crippen LogP contribution in [0.3, 0.4) is 0 Å². The minimum atomic E-state index is -1.35. The zero-order valence-corrected chi connectivity index (χ0v) is 15.5. The minimum absolute atomic E-state index is 0.00558. The zero-order valence-electron chi connectivity index (χ0n) is 15.5. The number of fused-ring (bicyclic) bond motifs is 1. The van der Waals surface area contributed by atoms with Gasteiger partial charge in [-0.05, 0) is 25.5 Å². The molecule has 28 heavy (non-hydrogen) atoms. The second-order valence-corrected chi connectivity index (χ2v) is 7.47. The smallest absolute Gasteiger partial charge is 0.341 e. The minimum Gasteiger partial charge on any atom is -0.477 e. The third-order valence-corrected chi connectivity index (χ3v) is 5.43. The Balaban J connectivity index is 1.78. The van der Waals surface area contributed by atoms with Gasteiger partial charge in [-0.25, -0.2) is 18.6 Å². The van der Waals surface area contributed by atoms with E-state index in [-0.39, 0.29) is 35.4 Å². The van der Waals surface area contributed by atoms with Gasteiger partial charge < -0.3 is 19.9 Å². The topological polar surface area (TPSA) is 87.5 Å². The summed E-state index contributed by atoms with van der Waals surface area (Å²) in [6, 6.07) is 1.08. The van der Waals surface area contributed by atoms with Crippen LogP contribution < -0.4 is 15.6 Å². The molecule has 1 aliphatic heterocycles. The van der Waals surface area contributed by atoms with Crippen molar-refractivity contribution in [1.82, 2.24) is 14.9 Å². The van der Waals surface area contributed by atoms with Gasteiger partial charge in [-0.3, -0.25) is 4.79 Å². The Bertz CT molecular complexity index is 989. The van der Waals surface area contributed by atoms with Gasteiger partial charge in [-0.15, -0.1) is 0 Å². The average molecular weight is 392 g/mol. The molecule has 2 atom stereocenters. The van der Waals surface area contributed by atoms with Crippen LogP contribution in [0.5, 0.6) is 0 Å². The van der Waals surface area contributed by atoms with E-state index in [0.717, 1.165) is 25.5 Å². The van der Waals surface area contributed by atoms with Crippen LogP contribution in [0.1, 0.15) is 36.2 Å². The number of pyridine rings is 2. The number of rotatable bonds is 6. The average Bonchev–Trinajstić information content (AvgIpc) is 3.43. The number of hydrogen-bond donors (Lipinski definition) is 2. The largest absolute Gasteiger partial charge is 0.477 e. The molecule has 9 heteroatoms. The van der Waals surface area contributed by atoms with Crippen molar-refractivity contribution in [3.8, 4) is 0 Å². The molecule has 2 N–H and O–H groups in total. The summed E-state index contributed by atoms with van der Waals surface area (Å²) in [5.41, 5.74) is -0.907. The van der Waals surface area contributed by atoms with E-state index >= 15 is 0 Å². The van der Waals surface area contributed by atoms with E-state index in [1.807, 2.05) is 6.92 Å². The van der Waals surface area contributed by atoms with Gasteiger partial charge in [0, 0.05) is 31.2 Å². The maximum atomic E-state index is 14.8. The summed E-state index contributed by atoms with van der Waals surface area (Å²) in [6.07, 6.45) is 1.87. The van der Waals surface area contributed by atoms with Gasteiger partial charge in [0.1, 0.15) is 17.4 Å². The Morgan fingerprint density at radius 3 is 2.79 bits per heavy atom. The van der Waals surface area contributed by atoms with Crippen molar-refractivity contribution in [2.75, 3.05) is 31.1 Å². The first-order chi connectivity index (χ1) is 13.4. The number of halogens is 2. The van der Waals surface area contributed by atoms with E-state index in [1.165, 1.54) is 6.20 Å². The molecule has 0 radical (unpaired) electrons. The summed E-state index contributed by atoms with van der Waals surface area (Å²) in [5, 5.41) is 12.3. The first-order valence-electron chi connectivity index (χ1n) is 9.49. The van der Waals surface area contributed by atoms with Crippen LogP contribution in [-0.4, -0.2) is 53.0 Å². The fraction of sp³-hybridized carbons (Fsp3) is 0.526. The van der Waals surface area contributed by atoms with Gasteiger partial charge in [0.15, 0.2) is 11.6 Å². The zero-order chi connectivity index (χ0) is 20.0. The number of nitrogens with one attached hydrogen (secondary N) is 1. The molecular weight excluding hydrogens is 370 g/mol. The number of carboxylic acid groups (broad SMARTS) is 1. The Morgan fingerprint density at radius 1 is 1.39 bits per heavy atom. The third-order valence-electron chi connectivity index (χ3n) is 5.43. The second kappa shape index (κ2) is 7.12. The molecule has 2 aromatic heterocycles. The molecule has 4 rings (SSSR count). The maximum Gasteiger partial charge on any atom is 0.341 e. The van der Waals surface area contributed by atoms with Crippen LogP contribution in [0.25, 0.3) is 11.0 Å². The van der Waals surface area contributed by atoms with E-state index in [9.17, 15) is 23.5 Å². The van der Waals surface area contributed by atoms with Gasteiger partial charge in [0.25, 0.3) is 0 Å². The summed E-state index contributed by atoms with van der Waals surface area (Å²) >= 11 is 0. The molecule has 2 aliphatic rings. The van der Waals surface area contributed by atoms with Crippen molar-refractivity contribution in [2.45, 2.75) is 32.0 Å². The third kappa shape index (κ3) is 3.23. The number of aromatic nitrogens is 2. The number of anilines is 1. The standard InChI is InChI=1S/C19H22F2N4O3/c1-2-22-6-10-7-24(9-15(10)21)18-14(20)5-12-16(26)13(19(27)28)8-25(11-3-4-11)17(12)23-18/h5,8,10-11,15,22H,2-4,6-7,9H2,1H3,(H,27,28)/t10-,15+/m1/s1. The monoisotopic (exact) mass is 392 g/mol. The molecule has 0 spiro atoms. The molecule has 1 saturated heterocycles. The van der Waals surface area contributed by atoms with Crippen LogP contribution in [0.15, 0.2) is 17.1 Å². The molecule has 2 aromatic rings. The predicted octanol–water partition coefficient (Wildman–Crippen LogP) is 1.95. The van der Waals surface area contributed by atoms with E-state index in [2.05, 4.69) is 10.3 Å². The van der Waals surface area contributed by atoms with Crippen LogP contribution in [0.4, 0.5) is 14.6 Å². The van der Waals surface area contributed by atoms with Crippen LogP contribution >= 0.6 is 0 Å². The van der Waals surface area contributed by atoms with Gasteiger partial charge in [-0.2, -0.15) is 0 Å². The Kier molecular flexibility index (Phi) is 4.78. The predicted molar refractivity (Wildman–Crippen MR) is 100 cm³/mol. The molecule has 2 fully saturated rings. The lowest BCUT2D eigenvalue weighted by Crippen LogP contribution is -2.29. The summed E-state index contributed by atoms with van der Waals surface area (Å²) in [4.78, 5) is 29.8. The first-order valence-corrected chi connectivity index (χ1v) is 9.49. The molecule has 0 aromatic carbocycles. The molecule has 7 nitrogen and oxygen atoms in total. The molecule has 0 unspecified atom stereocenters. The van der Waals surface area contributed by atoms with E-state index in [0.29, 0.717) is 13.1 Å². The molecule has 1 aliphatic carbocycles. The molecule has 0 bridgehead atoms. The lowest BCUT2D eigenvalue weighted by atomic mass is 10.1. The van der Waals surface area contributed by atoms with Gasteiger partial charge in [-0.1, -0.05) is 6.92 Å². The lowest BCUT2D eigenvalue weighted by molar-refractivity contribution is 0.0695. The molecule has 0 amide bonds. The van der Waals surface area contributed by atoms with Crippen molar-refractivity contribution >= 4 is 22.8 Å². The Hall–Kier alpha value is -2.55. The highest BCUT2D eigenvalue weighted by Crippen LogP contribution is 2.37. The van der Waals surface area contributed by atoms with E-state index < -0.39 is 29.0 Å². The fourth-order valence-electron chi connectivity index (χ4n) is 3.77. The summed E-state index contributed by atoms with van der Waals surface area (Å²) in [6.45, 7) is 3.52. The summed E-state index contributed by atoms with van der Waals surface area (Å²) in [7, 11) is 0. The molecule has 150 valence electrons. The van der Waals surface area contributed by atoms with Crippen LogP contribution in [0, 0.1) is 11.7 Å². The Morgan fingerprint density at radius 2 is 2.14 bits per heavy atom. The van der Waals surface area contributed by atoms with Crippen molar-refractivity contribution in [3.05, 3.63) is 33.9 Å². The van der Waals surface area contributed by atoms with E-state index in [1.54, 1.807) is 9.47 Å². The van der Waals surface area contributed by atoms with Gasteiger partial charge in [0.05, 0.1) is 11.9 Å². The van der Waals surface area contributed by atoms with E-state index in [4.69, 9.17) is 0 Å². The number of carboxylic acids is 1.